The van der Waals surface area contributed by atoms with Crippen molar-refractivity contribution < 1.29 is 14.3 Å². The number of nitrogens with zero attached hydrogens (tertiary/aromatic N) is 3. The van der Waals surface area contributed by atoms with Gasteiger partial charge in [0.15, 0.2) is 11.6 Å². The van der Waals surface area contributed by atoms with E-state index < -0.39 is 0 Å². The molecule has 2 heterocycles. The van der Waals surface area contributed by atoms with Gasteiger partial charge in [-0.3, -0.25) is 5.10 Å². The van der Waals surface area contributed by atoms with Crippen molar-refractivity contribution in [2.45, 2.75) is 19.9 Å². The number of anilines is 1. The fraction of sp³-hybridized carbons (Fsp3) is 0.222. The van der Waals surface area contributed by atoms with Crippen LogP contribution < -0.4 is 9.64 Å². The Morgan fingerprint density at radius 1 is 1.06 bits per heavy atom. The SMILES string of the molecule is CCOC(=O)c1ccccc1Cc1n[nH]cc1-c1ccc(CN(C)c2ncccc2OC)cc1. The van der Waals surface area contributed by atoms with Crippen molar-refractivity contribution in [2.24, 2.45) is 0 Å². The summed E-state index contributed by atoms with van der Waals surface area (Å²) in [5.41, 5.74) is 5.54. The zero-order valence-corrected chi connectivity index (χ0v) is 19.6. The van der Waals surface area contributed by atoms with E-state index >= 15 is 0 Å². The molecule has 4 rings (SSSR count). The molecule has 4 aromatic rings. The highest BCUT2D eigenvalue weighted by atomic mass is 16.5. The van der Waals surface area contributed by atoms with Gasteiger partial charge in [-0.1, -0.05) is 42.5 Å². The van der Waals surface area contributed by atoms with Crippen LogP contribution in [0.5, 0.6) is 5.75 Å². The molecule has 0 bridgehead atoms. The molecule has 0 unspecified atom stereocenters. The largest absolute Gasteiger partial charge is 0.493 e. The number of hydrogen-bond acceptors (Lipinski definition) is 6. The Hall–Kier alpha value is -4.13. The van der Waals surface area contributed by atoms with Crippen molar-refractivity contribution >= 4 is 11.8 Å². The summed E-state index contributed by atoms with van der Waals surface area (Å²) in [6.07, 6.45) is 4.18. The number of esters is 1. The van der Waals surface area contributed by atoms with Crippen molar-refractivity contribution in [1.29, 1.82) is 0 Å². The Kier molecular flexibility index (Phi) is 7.22. The molecule has 1 N–H and O–H groups in total. The minimum absolute atomic E-state index is 0.312. The smallest absolute Gasteiger partial charge is 0.338 e. The minimum atomic E-state index is -0.312. The van der Waals surface area contributed by atoms with Gasteiger partial charge in [-0.15, -0.1) is 0 Å². The number of hydrogen-bond donors (Lipinski definition) is 1. The van der Waals surface area contributed by atoms with E-state index in [4.69, 9.17) is 9.47 Å². The van der Waals surface area contributed by atoms with Crippen LogP contribution in [0.1, 0.15) is 34.1 Å². The molecule has 2 aromatic heterocycles. The maximum Gasteiger partial charge on any atom is 0.338 e. The van der Waals surface area contributed by atoms with Crippen molar-refractivity contribution in [3.63, 3.8) is 0 Å². The van der Waals surface area contributed by atoms with Crippen LogP contribution in [0.15, 0.2) is 73.1 Å². The van der Waals surface area contributed by atoms with Crippen LogP contribution in [0, 0.1) is 0 Å². The van der Waals surface area contributed by atoms with Gasteiger partial charge in [-0.05, 0) is 41.8 Å². The first-order chi connectivity index (χ1) is 16.6. The molecule has 0 aliphatic carbocycles. The number of aromatic nitrogens is 3. The molecule has 0 saturated carbocycles. The van der Waals surface area contributed by atoms with E-state index in [1.54, 1.807) is 26.3 Å². The topological polar surface area (TPSA) is 80.3 Å². The first-order valence-corrected chi connectivity index (χ1v) is 11.2. The van der Waals surface area contributed by atoms with E-state index in [1.807, 2.05) is 43.6 Å². The monoisotopic (exact) mass is 456 g/mol. The van der Waals surface area contributed by atoms with Gasteiger partial charge >= 0.3 is 5.97 Å². The number of carbonyl (C=O) groups is 1. The van der Waals surface area contributed by atoms with E-state index in [9.17, 15) is 4.79 Å². The van der Waals surface area contributed by atoms with Crippen LogP contribution in [0.3, 0.4) is 0 Å². The molecular formula is C27H28N4O3. The highest BCUT2D eigenvalue weighted by Crippen LogP contribution is 2.28. The highest BCUT2D eigenvalue weighted by Gasteiger charge is 2.16. The first kappa shape index (κ1) is 23.0. The zero-order valence-electron chi connectivity index (χ0n) is 19.6. The molecule has 0 aliphatic rings. The Balaban J connectivity index is 1.51. The molecule has 7 heteroatoms. The van der Waals surface area contributed by atoms with Crippen molar-refractivity contribution in [3.05, 3.63) is 95.4 Å². The highest BCUT2D eigenvalue weighted by molar-refractivity contribution is 5.91. The summed E-state index contributed by atoms with van der Waals surface area (Å²) in [7, 11) is 3.64. The second-order valence-electron chi connectivity index (χ2n) is 7.88. The van der Waals surface area contributed by atoms with Gasteiger partial charge in [0.05, 0.1) is 25.0 Å². The molecule has 0 radical (unpaired) electrons. The molecule has 0 saturated heterocycles. The Labute approximate surface area is 199 Å². The standard InChI is InChI=1S/C27H28N4O3/c1-4-34-27(32)22-9-6-5-8-21(22)16-24-23(17-29-30-24)20-13-11-19(12-14-20)18-31(2)26-25(33-3)10-7-15-28-26/h5-15,17H,4,16,18H2,1-3H3,(H,29,30). The lowest BCUT2D eigenvalue weighted by Crippen LogP contribution is -2.18. The lowest BCUT2D eigenvalue weighted by atomic mass is 9.98. The average Bonchev–Trinajstić information content (AvgIpc) is 3.33. The molecule has 0 spiro atoms. The van der Waals surface area contributed by atoms with Crippen molar-refractivity contribution in [1.82, 2.24) is 15.2 Å². The Morgan fingerprint density at radius 2 is 1.85 bits per heavy atom. The molecule has 34 heavy (non-hydrogen) atoms. The van der Waals surface area contributed by atoms with Gasteiger partial charge < -0.3 is 14.4 Å². The molecule has 174 valence electrons. The lowest BCUT2D eigenvalue weighted by Gasteiger charge is -2.20. The minimum Gasteiger partial charge on any atom is -0.493 e. The van der Waals surface area contributed by atoms with Crippen LogP contribution in [-0.4, -0.2) is 41.9 Å². The van der Waals surface area contributed by atoms with Gasteiger partial charge in [-0.2, -0.15) is 5.10 Å². The van der Waals surface area contributed by atoms with Gasteiger partial charge in [0.25, 0.3) is 0 Å². The summed E-state index contributed by atoms with van der Waals surface area (Å²) in [5.74, 6) is 1.23. The Bertz CT molecular complexity index is 1250. The Morgan fingerprint density at radius 3 is 2.62 bits per heavy atom. The van der Waals surface area contributed by atoms with Gasteiger partial charge in [0.1, 0.15) is 0 Å². The van der Waals surface area contributed by atoms with Gasteiger partial charge in [0.2, 0.25) is 0 Å². The van der Waals surface area contributed by atoms with E-state index in [-0.39, 0.29) is 5.97 Å². The normalized spacial score (nSPS) is 10.7. The van der Waals surface area contributed by atoms with E-state index in [1.165, 1.54) is 0 Å². The maximum absolute atomic E-state index is 12.4. The number of aromatic amines is 1. The first-order valence-electron chi connectivity index (χ1n) is 11.2. The number of H-pyrrole nitrogens is 1. The summed E-state index contributed by atoms with van der Waals surface area (Å²) < 4.78 is 10.6. The van der Waals surface area contributed by atoms with E-state index in [0.717, 1.165) is 39.5 Å². The average molecular weight is 457 g/mol. The van der Waals surface area contributed by atoms with Crippen LogP contribution in [0.2, 0.25) is 0 Å². The number of methoxy groups -OCH3 is 1. The molecule has 0 fully saturated rings. The number of rotatable bonds is 9. The van der Waals surface area contributed by atoms with Gasteiger partial charge in [0, 0.05) is 38.0 Å². The molecule has 0 amide bonds. The molecule has 7 nitrogen and oxygen atoms in total. The third-order valence-electron chi connectivity index (χ3n) is 5.61. The summed E-state index contributed by atoms with van der Waals surface area (Å²) >= 11 is 0. The molecule has 0 atom stereocenters. The van der Waals surface area contributed by atoms with Crippen LogP contribution in [0.25, 0.3) is 11.1 Å². The number of carbonyl (C=O) groups excluding carboxylic acids is 1. The third-order valence-corrected chi connectivity index (χ3v) is 5.61. The van der Waals surface area contributed by atoms with Crippen LogP contribution in [-0.2, 0) is 17.7 Å². The van der Waals surface area contributed by atoms with Gasteiger partial charge in [-0.25, -0.2) is 9.78 Å². The predicted octanol–water partition coefficient (Wildman–Crippen LogP) is 4.88. The van der Waals surface area contributed by atoms with Crippen molar-refractivity contribution in [2.75, 3.05) is 25.7 Å². The maximum atomic E-state index is 12.4. The predicted molar refractivity (Wildman–Crippen MR) is 132 cm³/mol. The quantitative estimate of drug-likeness (QED) is 0.362. The molecular weight excluding hydrogens is 428 g/mol. The number of benzene rings is 2. The fourth-order valence-corrected chi connectivity index (χ4v) is 3.93. The lowest BCUT2D eigenvalue weighted by molar-refractivity contribution is 0.0525. The summed E-state index contributed by atoms with van der Waals surface area (Å²) in [6.45, 7) is 2.84. The van der Waals surface area contributed by atoms with Crippen LogP contribution in [0.4, 0.5) is 5.82 Å². The number of pyridine rings is 1. The summed E-state index contributed by atoms with van der Waals surface area (Å²) in [5, 5.41) is 7.43. The number of ether oxygens (including phenoxy) is 2. The fourth-order valence-electron chi connectivity index (χ4n) is 3.93. The molecule has 0 aliphatic heterocycles. The van der Waals surface area contributed by atoms with E-state index in [0.29, 0.717) is 25.1 Å². The van der Waals surface area contributed by atoms with E-state index in [2.05, 4.69) is 44.3 Å². The second kappa shape index (κ2) is 10.7. The second-order valence-corrected chi connectivity index (χ2v) is 7.88. The van der Waals surface area contributed by atoms with Crippen molar-refractivity contribution in [3.8, 4) is 16.9 Å². The van der Waals surface area contributed by atoms with Crippen LogP contribution >= 0.6 is 0 Å². The third kappa shape index (κ3) is 5.09. The summed E-state index contributed by atoms with van der Waals surface area (Å²) in [6, 6.07) is 19.6. The summed E-state index contributed by atoms with van der Waals surface area (Å²) in [4.78, 5) is 18.9. The number of nitrogens with one attached hydrogen (secondary N) is 1. The zero-order chi connectivity index (χ0) is 23.9. The molecule has 2 aromatic carbocycles.